The summed E-state index contributed by atoms with van der Waals surface area (Å²) < 4.78 is 0.775. The summed E-state index contributed by atoms with van der Waals surface area (Å²) in [5.74, 6) is 1.28. The van der Waals surface area contributed by atoms with Crippen molar-refractivity contribution in [2.75, 3.05) is 0 Å². The molecule has 0 aromatic carbocycles. The lowest BCUT2D eigenvalue weighted by Gasteiger charge is -2.12. The van der Waals surface area contributed by atoms with Crippen molar-refractivity contribution in [3.05, 3.63) is 21.3 Å². The molecular weight excluding hydrogens is 228 g/mol. The summed E-state index contributed by atoms with van der Waals surface area (Å²) in [6.07, 6.45) is 4.08. The minimum atomic E-state index is 0.297. The van der Waals surface area contributed by atoms with Crippen molar-refractivity contribution in [1.29, 1.82) is 0 Å². The summed E-state index contributed by atoms with van der Waals surface area (Å²) in [7, 11) is 0. The number of Topliss-reactive ketones (excluding diaryl/α,β-unsaturated/α-hetero) is 1. The average molecular weight is 243 g/mol. The minimum Gasteiger partial charge on any atom is -0.299 e. The Bertz CT molecular complexity index is 358. The molecule has 1 nitrogen and oxygen atoms in total. The van der Waals surface area contributed by atoms with Gasteiger partial charge >= 0.3 is 0 Å². The van der Waals surface area contributed by atoms with E-state index in [2.05, 4.69) is 6.92 Å². The summed E-state index contributed by atoms with van der Waals surface area (Å²) in [6.45, 7) is 2.19. The molecule has 0 radical (unpaired) electrons. The fraction of sp³-hybridized carbons (Fsp3) is 0.583. The average Bonchev–Trinajstić information content (AvgIpc) is 2.75. The first-order valence-corrected chi connectivity index (χ1v) is 6.63. The van der Waals surface area contributed by atoms with Crippen LogP contribution in [0, 0.1) is 11.8 Å². The van der Waals surface area contributed by atoms with E-state index in [1.54, 1.807) is 0 Å². The van der Waals surface area contributed by atoms with Crippen LogP contribution in [0.1, 0.15) is 31.1 Å². The number of hydrogen-bond acceptors (Lipinski definition) is 2. The Morgan fingerprint density at radius 3 is 2.87 bits per heavy atom. The molecule has 2 atom stereocenters. The Hall–Kier alpha value is -0.340. The van der Waals surface area contributed by atoms with Gasteiger partial charge in [-0.05, 0) is 30.9 Å². The van der Waals surface area contributed by atoms with Crippen LogP contribution in [-0.2, 0) is 11.2 Å². The molecule has 1 aromatic rings. The molecule has 1 aliphatic rings. The van der Waals surface area contributed by atoms with E-state index in [0.717, 1.165) is 15.6 Å². The summed E-state index contributed by atoms with van der Waals surface area (Å²) in [5, 5.41) is 0. The molecule has 82 valence electrons. The van der Waals surface area contributed by atoms with Crippen LogP contribution in [0.2, 0.25) is 4.34 Å². The number of ketones is 1. The molecule has 0 saturated heterocycles. The highest BCUT2D eigenvalue weighted by atomic mass is 35.5. The predicted octanol–water partition coefficient (Wildman–Crippen LogP) is 3.95. The highest BCUT2D eigenvalue weighted by Crippen LogP contribution is 2.33. The molecule has 0 N–H and O–H groups in total. The lowest BCUT2D eigenvalue weighted by molar-refractivity contribution is -0.123. The van der Waals surface area contributed by atoms with Gasteiger partial charge in [-0.3, -0.25) is 4.79 Å². The number of hydrogen-bond donors (Lipinski definition) is 0. The van der Waals surface area contributed by atoms with E-state index < -0.39 is 0 Å². The number of carbonyl (C=O) groups excluding carboxylic acids is 1. The van der Waals surface area contributed by atoms with Crippen molar-refractivity contribution >= 4 is 28.7 Å². The van der Waals surface area contributed by atoms with E-state index in [-0.39, 0.29) is 0 Å². The second-order valence-electron chi connectivity index (χ2n) is 4.36. The first-order valence-electron chi connectivity index (χ1n) is 5.44. The first kappa shape index (κ1) is 11.2. The SMILES string of the molecule is CC1CCCC1C(=O)Cc1ccc(Cl)s1. The van der Waals surface area contributed by atoms with Crippen LogP contribution < -0.4 is 0 Å². The van der Waals surface area contributed by atoms with E-state index in [1.807, 2.05) is 12.1 Å². The quantitative estimate of drug-likeness (QED) is 0.785. The van der Waals surface area contributed by atoms with E-state index in [9.17, 15) is 4.79 Å². The van der Waals surface area contributed by atoms with Gasteiger partial charge in [0, 0.05) is 17.2 Å². The number of carbonyl (C=O) groups is 1. The van der Waals surface area contributed by atoms with Crippen molar-refractivity contribution in [3.63, 3.8) is 0 Å². The van der Waals surface area contributed by atoms with Gasteiger partial charge in [0.15, 0.2) is 0 Å². The molecular formula is C12H15ClOS. The molecule has 1 aromatic heterocycles. The van der Waals surface area contributed by atoms with Crippen molar-refractivity contribution in [2.24, 2.45) is 11.8 Å². The summed E-state index contributed by atoms with van der Waals surface area (Å²) >= 11 is 7.36. The fourth-order valence-corrected chi connectivity index (χ4v) is 3.47. The van der Waals surface area contributed by atoms with Crippen LogP contribution >= 0.6 is 22.9 Å². The third kappa shape index (κ3) is 2.61. The van der Waals surface area contributed by atoms with Gasteiger partial charge in [0.1, 0.15) is 5.78 Å². The van der Waals surface area contributed by atoms with E-state index >= 15 is 0 Å². The zero-order valence-corrected chi connectivity index (χ0v) is 10.4. The van der Waals surface area contributed by atoms with Crippen LogP contribution in [0.15, 0.2) is 12.1 Å². The Morgan fingerprint density at radius 2 is 2.33 bits per heavy atom. The van der Waals surface area contributed by atoms with Gasteiger partial charge in [0.2, 0.25) is 0 Å². The lowest BCUT2D eigenvalue weighted by Crippen LogP contribution is -2.18. The Balaban J connectivity index is 1.97. The Kier molecular flexibility index (Phi) is 3.47. The standard InChI is InChI=1S/C12H15ClOS/c1-8-3-2-4-10(8)11(14)7-9-5-6-12(13)15-9/h5-6,8,10H,2-4,7H2,1H3. The van der Waals surface area contributed by atoms with E-state index in [4.69, 9.17) is 11.6 Å². The monoisotopic (exact) mass is 242 g/mol. The molecule has 0 bridgehead atoms. The molecule has 1 fully saturated rings. The Labute approximate surface area is 99.5 Å². The minimum absolute atomic E-state index is 0.297. The smallest absolute Gasteiger partial charge is 0.141 e. The topological polar surface area (TPSA) is 17.1 Å². The van der Waals surface area contributed by atoms with Crippen molar-refractivity contribution in [3.8, 4) is 0 Å². The number of halogens is 1. The van der Waals surface area contributed by atoms with Crippen LogP contribution in [0.5, 0.6) is 0 Å². The van der Waals surface area contributed by atoms with Crippen LogP contribution in [0.3, 0.4) is 0 Å². The molecule has 2 unspecified atom stereocenters. The summed E-state index contributed by atoms with van der Waals surface area (Å²) in [6, 6.07) is 3.83. The third-order valence-corrected chi connectivity index (χ3v) is 4.48. The molecule has 15 heavy (non-hydrogen) atoms. The molecule has 0 amide bonds. The third-order valence-electron chi connectivity index (χ3n) is 3.25. The van der Waals surface area contributed by atoms with Gasteiger partial charge in [-0.15, -0.1) is 11.3 Å². The van der Waals surface area contributed by atoms with Gasteiger partial charge in [-0.2, -0.15) is 0 Å². The molecule has 1 heterocycles. The zero-order chi connectivity index (χ0) is 10.8. The number of thiophene rings is 1. The highest BCUT2D eigenvalue weighted by molar-refractivity contribution is 7.16. The summed E-state index contributed by atoms with van der Waals surface area (Å²) in [5.41, 5.74) is 0. The van der Waals surface area contributed by atoms with Gasteiger partial charge in [-0.1, -0.05) is 24.9 Å². The second-order valence-corrected chi connectivity index (χ2v) is 6.16. The maximum absolute atomic E-state index is 12.0. The van der Waals surface area contributed by atoms with E-state index in [1.165, 1.54) is 24.2 Å². The lowest BCUT2D eigenvalue weighted by atomic mass is 9.92. The van der Waals surface area contributed by atoms with Gasteiger partial charge in [0.05, 0.1) is 4.34 Å². The van der Waals surface area contributed by atoms with Crippen LogP contribution in [-0.4, -0.2) is 5.78 Å². The number of rotatable bonds is 3. The first-order chi connectivity index (χ1) is 7.16. The van der Waals surface area contributed by atoms with Crippen LogP contribution in [0.4, 0.5) is 0 Å². The normalized spacial score (nSPS) is 25.7. The molecule has 1 saturated carbocycles. The highest BCUT2D eigenvalue weighted by Gasteiger charge is 2.29. The van der Waals surface area contributed by atoms with Gasteiger partial charge in [0.25, 0.3) is 0 Å². The largest absolute Gasteiger partial charge is 0.299 e. The van der Waals surface area contributed by atoms with Gasteiger partial charge in [-0.25, -0.2) is 0 Å². The summed E-state index contributed by atoms with van der Waals surface area (Å²) in [4.78, 5) is 13.1. The predicted molar refractivity (Wildman–Crippen MR) is 64.5 cm³/mol. The molecule has 2 rings (SSSR count). The maximum atomic E-state index is 12.0. The molecule has 0 aliphatic heterocycles. The van der Waals surface area contributed by atoms with Crippen molar-refractivity contribution in [2.45, 2.75) is 32.6 Å². The molecule has 1 aliphatic carbocycles. The van der Waals surface area contributed by atoms with Crippen molar-refractivity contribution in [1.82, 2.24) is 0 Å². The fourth-order valence-electron chi connectivity index (χ4n) is 2.37. The zero-order valence-electron chi connectivity index (χ0n) is 8.83. The second kappa shape index (κ2) is 4.67. The molecule has 0 spiro atoms. The van der Waals surface area contributed by atoms with E-state index in [0.29, 0.717) is 24.0 Å². The van der Waals surface area contributed by atoms with Crippen molar-refractivity contribution < 1.29 is 4.79 Å². The molecule has 3 heteroatoms. The Morgan fingerprint density at radius 1 is 1.53 bits per heavy atom. The van der Waals surface area contributed by atoms with Crippen LogP contribution in [0.25, 0.3) is 0 Å². The van der Waals surface area contributed by atoms with Gasteiger partial charge < -0.3 is 0 Å². The maximum Gasteiger partial charge on any atom is 0.141 e.